The van der Waals surface area contributed by atoms with E-state index in [9.17, 15) is 13.6 Å². The van der Waals surface area contributed by atoms with Crippen LogP contribution in [0.3, 0.4) is 0 Å². The third kappa shape index (κ3) is 6.02. The van der Waals surface area contributed by atoms with E-state index in [0.29, 0.717) is 36.4 Å². The number of esters is 1. The van der Waals surface area contributed by atoms with Crippen LogP contribution in [0, 0.1) is 0 Å². The van der Waals surface area contributed by atoms with Gasteiger partial charge in [-0.25, -0.2) is 0 Å². The molecule has 0 aliphatic heterocycles. The zero-order valence-electron chi connectivity index (χ0n) is 9.95. The Balaban J connectivity index is 2.24. The highest BCUT2D eigenvalue weighted by Crippen LogP contribution is 2.21. The molecule has 0 saturated heterocycles. The number of halogens is 2. The number of carbonyl (C=O) groups is 1. The molecule has 1 N–H and O–H groups in total. The van der Waals surface area contributed by atoms with Crippen LogP contribution >= 0.6 is 11.8 Å². The summed E-state index contributed by atoms with van der Waals surface area (Å²) in [6, 6.07) is 3.34. The average molecular weight is 279 g/mol. The monoisotopic (exact) mass is 279 g/mol. The number of nitrogens with one attached hydrogen (secondary N) is 1. The van der Waals surface area contributed by atoms with E-state index < -0.39 is 5.76 Å². The summed E-state index contributed by atoms with van der Waals surface area (Å²) in [5.74, 6) is -1.51. The number of carbonyl (C=O) groups excluding carboxylic acids is 1. The first-order valence-electron chi connectivity index (χ1n) is 5.45. The van der Waals surface area contributed by atoms with Crippen molar-refractivity contribution in [2.24, 2.45) is 0 Å². The van der Waals surface area contributed by atoms with Gasteiger partial charge in [-0.3, -0.25) is 10.1 Å². The lowest BCUT2D eigenvalue weighted by Gasteiger charge is -2.02. The van der Waals surface area contributed by atoms with Gasteiger partial charge in [-0.05, 0) is 19.1 Å². The molecule has 1 aromatic heterocycles. The van der Waals surface area contributed by atoms with Crippen LogP contribution in [0.1, 0.15) is 18.4 Å². The van der Waals surface area contributed by atoms with E-state index in [1.165, 1.54) is 0 Å². The lowest BCUT2D eigenvalue weighted by Crippen LogP contribution is -2.24. The van der Waals surface area contributed by atoms with Crippen molar-refractivity contribution < 1.29 is 22.7 Å². The van der Waals surface area contributed by atoms with E-state index in [4.69, 9.17) is 9.15 Å². The normalized spacial score (nSPS) is 10.9. The molecular weight excluding hydrogens is 264 g/mol. The summed E-state index contributed by atoms with van der Waals surface area (Å²) in [5.41, 5.74) is 0. The quantitative estimate of drug-likeness (QED) is 0.740. The van der Waals surface area contributed by atoms with Gasteiger partial charge in [-0.15, -0.1) is 0 Å². The molecule has 0 aliphatic carbocycles. The van der Waals surface area contributed by atoms with Gasteiger partial charge in [0.25, 0.3) is 5.76 Å². The predicted octanol–water partition coefficient (Wildman–Crippen LogP) is 2.39. The standard InChI is InChI=1S/C11H15F2NO3S/c1-2-16-10(15)6-14-5-8-3-4-9(17-8)7-18-11(12)13/h3-4,11,14H,2,5-7H2,1H3. The number of ether oxygens (including phenoxy) is 1. The fourth-order valence-corrected chi connectivity index (χ4v) is 1.69. The Bertz CT molecular complexity index is 371. The van der Waals surface area contributed by atoms with Crippen molar-refractivity contribution in [1.82, 2.24) is 5.32 Å². The minimum Gasteiger partial charge on any atom is -0.465 e. The molecule has 0 spiro atoms. The van der Waals surface area contributed by atoms with Crippen LogP contribution in [-0.4, -0.2) is 24.9 Å². The first kappa shape index (κ1) is 15.0. The number of thioether (sulfide) groups is 1. The van der Waals surface area contributed by atoms with Gasteiger partial charge in [0.1, 0.15) is 11.5 Å². The van der Waals surface area contributed by atoms with Crippen LogP contribution in [0.2, 0.25) is 0 Å². The maximum Gasteiger partial charge on any atom is 0.319 e. The highest BCUT2D eigenvalue weighted by Gasteiger charge is 2.07. The van der Waals surface area contributed by atoms with E-state index in [1.54, 1.807) is 19.1 Å². The van der Waals surface area contributed by atoms with Crippen LogP contribution in [0.4, 0.5) is 8.78 Å². The Hall–Kier alpha value is -1.08. The third-order valence-electron chi connectivity index (χ3n) is 1.94. The van der Waals surface area contributed by atoms with Crippen molar-refractivity contribution in [3.63, 3.8) is 0 Å². The molecular formula is C11H15F2NO3S. The average Bonchev–Trinajstić information content (AvgIpc) is 2.75. The summed E-state index contributed by atoms with van der Waals surface area (Å²) in [6.07, 6.45) is 0. The smallest absolute Gasteiger partial charge is 0.319 e. The molecule has 4 nitrogen and oxygen atoms in total. The highest BCUT2D eigenvalue weighted by molar-refractivity contribution is 7.98. The van der Waals surface area contributed by atoms with Gasteiger partial charge in [0.05, 0.1) is 25.4 Å². The van der Waals surface area contributed by atoms with Crippen LogP contribution in [0.15, 0.2) is 16.5 Å². The van der Waals surface area contributed by atoms with Gasteiger partial charge < -0.3 is 9.15 Å². The largest absolute Gasteiger partial charge is 0.465 e. The van der Waals surface area contributed by atoms with Gasteiger partial charge in [0.15, 0.2) is 0 Å². The molecule has 7 heteroatoms. The fraction of sp³-hybridized carbons (Fsp3) is 0.545. The van der Waals surface area contributed by atoms with Crippen molar-refractivity contribution >= 4 is 17.7 Å². The van der Waals surface area contributed by atoms with Crippen LogP contribution in [-0.2, 0) is 21.8 Å². The summed E-state index contributed by atoms with van der Waals surface area (Å²) in [7, 11) is 0. The molecule has 0 saturated carbocycles. The van der Waals surface area contributed by atoms with Crippen molar-refractivity contribution in [1.29, 1.82) is 0 Å². The number of hydrogen-bond donors (Lipinski definition) is 1. The topological polar surface area (TPSA) is 51.5 Å². The molecule has 0 unspecified atom stereocenters. The third-order valence-corrected chi connectivity index (χ3v) is 2.65. The van der Waals surface area contributed by atoms with Gasteiger partial charge in [-0.1, -0.05) is 11.8 Å². The van der Waals surface area contributed by atoms with E-state index in [2.05, 4.69) is 5.32 Å². The molecule has 0 aromatic carbocycles. The Labute approximate surface area is 108 Å². The van der Waals surface area contributed by atoms with Crippen molar-refractivity contribution in [2.45, 2.75) is 25.0 Å². The van der Waals surface area contributed by atoms with Gasteiger partial charge in [0, 0.05) is 0 Å². The van der Waals surface area contributed by atoms with Crippen LogP contribution in [0.25, 0.3) is 0 Å². The lowest BCUT2D eigenvalue weighted by molar-refractivity contribution is -0.142. The second kappa shape index (κ2) is 8.10. The zero-order chi connectivity index (χ0) is 13.4. The second-order valence-electron chi connectivity index (χ2n) is 3.35. The maximum atomic E-state index is 11.9. The Morgan fingerprint density at radius 1 is 1.50 bits per heavy atom. The van der Waals surface area contributed by atoms with Crippen LogP contribution in [0.5, 0.6) is 0 Å². The minimum absolute atomic E-state index is 0.0929. The van der Waals surface area contributed by atoms with Crippen molar-refractivity contribution in [3.8, 4) is 0 Å². The van der Waals surface area contributed by atoms with E-state index in [-0.39, 0.29) is 18.3 Å². The predicted molar refractivity (Wildman–Crippen MR) is 64.3 cm³/mol. The molecule has 18 heavy (non-hydrogen) atoms. The molecule has 0 fully saturated rings. The number of hydrogen-bond acceptors (Lipinski definition) is 5. The van der Waals surface area contributed by atoms with E-state index in [1.807, 2.05) is 0 Å². The second-order valence-corrected chi connectivity index (χ2v) is 4.33. The first-order chi connectivity index (χ1) is 8.61. The van der Waals surface area contributed by atoms with Gasteiger partial charge in [0.2, 0.25) is 0 Å². The number of furan rings is 1. The SMILES string of the molecule is CCOC(=O)CNCc1ccc(CSC(F)F)o1. The van der Waals surface area contributed by atoms with Crippen LogP contribution < -0.4 is 5.32 Å². The molecule has 102 valence electrons. The zero-order valence-corrected chi connectivity index (χ0v) is 10.8. The summed E-state index contributed by atoms with van der Waals surface area (Å²) in [5, 5.41) is 2.84. The van der Waals surface area contributed by atoms with E-state index in [0.717, 1.165) is 0 Å². The molecule has 0 amide bonds. The number of alkyl halides is 2. The minimum atomic E-state index is -2.40. The highest BCUT2D eigenvalue weighted by atomic mass is 32.2. The fourth-order valence-electron chi connectivity index (χ4n) is 1.24. The Morgan fingerprint density at radius 3 is 2.89 bits per heavy atom. The summed E-state index contributed by atoms with van der Waals surface area (Å²) in [4.78, 5) is 11.0. The first-order valence-corrected chi connectivity index (χ1v) is 6.50. The Kier molecular flexibility index (Phi) is 6.74. The van der Waals surface area contributed by atoms with Gasteiger partial charge >= 0.3 is 5.97 Å². The molecule has 0 bridgehead atoms. The lowest BCUT2D eigenvalue weighted by atomic mass is 10.4. The maximum absolute atomic E-state index is 11.9. The van der Waals surface area contributed by atoms with Crippen molar-refractivity contribution in [3.05, 3.63) is 23.7 Å². The van der Waals surface area contributed by atoms with E-state index >= 15 is 0 Å². The Morgan fingerprint density at radius 2 is 2.22 bits per heavy atom. The summed E-state index contributed by atoms with van der Waals surface area (Å²) >= 11 is 0.511. The molecule has 0 atom stereocenters. The van der Waals surface area contributed by atoms with Crippen molar-refractivity contribution in [2.75, 3.05) is 13.2 Å². The molecule has 1 heterocycles. The molecule has 0 radical (unpaired) electrons. The van der Waals surface area contributed by atoms with Gasteiger partial charge in [-0.2, -0.15) is 8.78 Å². The molecule has 0 aliphatic rings. The molecule has 1 aromatic rings. The molecule has 1 rings (SSSR count). The number of rotatable bonds is 8. The summed E-state index contributed by atoms with van der Waals surface area (Å²) in [6.45, 7) is 2.53. The summed E-state index contributed by atoms with van der Waals surface area (Å²) < 4.78 is 33.9.